The van der Waals surface area contributed by atoms with Gasteiger partial charge in [0, 0.05) is 31.6 Å². The lowest BCUT2D eigenvalue weighted by atomic mass is 10.1. The molecule has 4 heterocycles. The maximum atomic E-state index is 13.5. The maximum Gasteiger partial charge on any atom is 0.261 e. The second-order valence-corrected chi connectivity index (χ2v) is 8.07. The van der Waals surface area contributed by atoms with Crippen LogP contribution in [0.2, 0.25) is 0 Å². The number of hydrogen-bond donors (Lipinski definition) is 2. The van der Waals surface area contributed by atoms with Crippen molar-refractivity contribution in [2.45, 2.75) is 45.1 Å². The van der Waals surface area contributed by atoms with E-state index >= 15 is 0 Å². The molecule has 2 fully saturated rings. The molecule has 0 spiro atoms. The molecule has 7 heteroatoms. The number of rotatable bonds is 7. The van der Waals surface area contributed by atoms with Crippen molar-refractivity contribution in [1.82, 2.24) is 19.2 Å². The molecule has 7 nitrogen and oxygen atoms in total. The number of hydrogen-bond acceptors (Lipinski definition) is 6. The molecule has 2 aliphatic heterocycles. The summed E-state index contributed by atoms with van der Waals surface area (Å²) in [4.78, 5) is 23.3. The molecule has 0 unspecified atom stereocenters. The van der Waals surface area contributed by atoms with Crippen molar-refractivity contribution >= 4 is 11.3 Å². The number of anilines is 1. The third-order valence-corrected chi connectivity index (χ3v) is 6.24. The first-order chi connectivity index (χ1) is 13.7. The zero-order valence-electron chi connectivity index (χ0n) is 16.7. The zero-order valence-corrected chi connectivity index (χ0v) is 16.7. The largest absolute Gasteiger partial charge is 0.397 e. The number of nitrogen functional groups attached to an aromatic ring is 1. The summed E-state index contributed by atoms with van der Waals surface area (Å²) in [6.07, 6.45) is 6.62. The van der Waals surface area contributed by atoms with Gasteiger partial charge in [0.1, 0.15) is 5.65 Å². The Kier molecular flexibility index (Phi) is 5.94. The first-order valence-electron chi connectivity index (χ1n) is 10.6. The van der Waals surface area contributed by atoms with Gasteiger partial charge in [-0.3, -0.25) is 9.20 Å². The lowest BCUT2D eigenvalue weighted by molar-refractivity contribution is 0.336. The quantitative estimate of drug-likeness (QED) is 0.740. The van der Waals surface area contributed by atoms with Gasteiger partial charge in [-0.25, -0.2) is 4.98 Å². The molecule has 2 aliphatic rings. The van der Waals surface area contributed by atoms with Crippen LogP contribution in [0.4, 0.5) is 5.69 Å². The van der Waals surface area contributed by atoms with Gasteiger partial charge in [-0.2, -0.15) is 0 Å². The van der Waals surface area contributed by atoms with E-state index in [1.54, 1.807) is 10.5 Å². The fraction of sp³-hybridized carbons (Fsp3) is 0.619. The first-order valence-corrected chi connectivity index (χ1v) is 10.6. The van der Waals surface area contributed by atoms with Crippen molar-refractivity contribution in [3.05, 3.63) is 39.4 Å². The lowest BCUT2D eigenvalue weighted by Gasteiger charge is -2.19. The van der Waals surface area contributed by atoms with Crippen LogP contribution in [0.5, 0.6) is 0 Å². The Morgan fingerprint density at radius 3 is 2.14 bits per heavy atom. The SMILES string of the molecule is NCc1c(N)ccc2nc(CCN3CCCC3)c(CCN3CCCC3)c(=O)n12. The van der Waals surface area contributed by atoms with Crippen molar-refractivity contribution in [2.24, 2.45) is 5.73 Å². The van der Waals surface area contributed by atoms with E-state index in [1.807, 2.05) is 6.07 Å². The molecule has 0 atom stereocenters. The Hall–Kier alpha value is -1.96. The minimum absolute atomic E-state index is 0.00775. The fourth-order valence-electron chi connectivity index (χ4n) is 4.59. The maximum absolute atomic E-state index is 13.5. The highest BCUT2D eigenvalue weighted by atomic mass is 16.1. The molecule has 2 saturated heterocycles. The van der Waals surface area contributed by atoms with E-state index in [0.717, 1.165) is 63.4 Å². The number of fused-ring (bicyclic) bond motifs is 1. The third kappa shape index (κ3) is 3.92. The Balaban J connectivity index is 1.69. The summed E-state index contributed by atoms with van der Waals surface area (Å²) < 4.78 is 1.63. The van der Waals surface area contributed by atoms with Crippen LogP contribution in [-0.2, 0) is 19.4 Å². The van der Waals surface area contributed by atoms with Crippen LogP contribution in [-0.4, -0.2) is 58.5 Å². The van der Waals surface area contributed by atoms with E-state index in [0.29, 0.717) is 17.0 Å². The molecule has 2 aromatic rings. The van der Waals surface area contributed by atoms with Crippen LogP contribution in [0, 0.1) is 0 Å². The molecule has 28 heavy (non-hydrogen) atoms. The monoisotopic (exact) mass is 384 g/mol. The van der Waals surface area contributed by atoms with Gasteiger partial charge in [0.05, 0.1) is 17.1 Å². The number of pyridine rings is 1. The van der Waals surface area contributed by atoms with Crippen LogP contribution in [0.15, 0.2) is 16.9 Å². The van der Waals surface area contributed by atoms with Gasteiger partial charge in [0.25, 0.3) is 5.56 Å². The highest BCUT2D eigenvalue weighted by Crippen LogP contribution is 2.17. The van der Waals surface area contributed by atoms with Crippen LogP contribution in [0.3, 0.4) is 0 Å². The van der Waals surface area contributed by atoms with Crippen molar-refractivity contribution in [2.75, 3.05) is 45.0 Å². The van der Waals surface area contributed by atoms with Gasteiger partial charge >= 0.3 is 0 Å². The summed E-state index contributed by atoms with van der Waals surface area (Å²) in [6, 6.07) is 3.64. The van der Waals surface area contributed by atoms with Crippen molar-refractivity contribution in [3.8, 4) is 0 Å². The van der Waals surface area contributed by atoms with Gasteiger partial charge in [-0.15, -0.1) is 0 Å². The average Bonchev–Trinajstić information content (AvgIpc) is 3.40. The third-order valence-electron chi connectivity index (χ3n) is 6.24. The van der Waals surface area contributed by atoms with E-state index in [4.69, 9.17) is 16.5 Å². The van der Waals surface area contributed by atoms with Crippen molar-refractivity contribution < 1.29 is 0 Å². The predicted molar refractivity (Wildman–Crippen MR) is 113 cm³/mol. The first kappa shape index (κ1) is 19.4. The summed E-state index contributed by atoms with van der Waals surface area (Å²) in [5.74, 6) is 0. The molecule has 4 rings (SSSR count). The van der Waals surface area contributed by atoms with E-state index in [9.17, 15) is 4.79 Å². The van der Waals surface area contributed by atoms with Gasteiger partial charge in [-0.05, 0) is 70.4 Å². The van der Waals surface area contributed by atoms with E-state index < -0.39 is 0 Å². The average molecular weight is 385 g/mol. The smallest absolute Gasteiger partial charge is 0.261 e. The molecule has 0 aromatic carbocycles. The highest BCUT2D eigenvalue weighted by Gasteiger charge is 2.19. The normalized spacial score (nSPS) is 18.5. The molecule has 0 radical (unpaired) electrons. The van der Waals surface area contributed by atoms with Crippen molar-refractivity contribution in [3.63, 3.8) is 0 Å². The predicted octanol–water partition coefficient (Wildman–Crippen LogP) is 1.01. The molecule has 2 aromatic heterocycles. The van der Waals surface area contributed by atoms with Gasteiger partial charge in [-0.1, -0.05) is 0 Å². The second kappa shape index (κ2) is 8.59. The summed E-state index contributed by atoms with van der Waals surface area (Å²) in [5, 5.41) is 0. The number of aromatic nitrogens is 2. The van der Waals surface area contributed by atoms with E-state index in [1.165, 1.54) is 25.7 Å². The lowest BCUT2D eigenvalue weighted by Crippen LogP contribution is -2.31. The molecular formula is C21H32N6O. The van der Waals surface area contributed by atoms with Gasteiger partial charge in [0.15, 0.2) is 0 Å². The summed E-state index contributed by atoms with van der Waals surface area (Å²) in [6.45, 7) is 6.69. The van der Waals surface area contributed by atoms with E-state index in [2.05, 4.69) is 9.80 Å². The Morgan fingerprint density at radius 2 is 1.54 bits per heavy atom. The topological polar surface area (TPSA) is 92.9 Å². The molecule has 0 saturated carbocycles. The second-order valence-electron chi connectivity index (χ2n) is 8.07. The van der Waals surface area contributed by atoms with Crippen LogP contribution < -0.4 is 17.0 Å². The van der Waals surface area contributed by atoms with Crippen LogP contribution >= 0.6 is 0 Å². The molecule has 152 valence electrons. The summed E-state index contributed by atoms with van der Waals surface area (Å²) in [7, 11) is 0. The summed E-state index contributed by atoms with van der Waals surface area (Å²) in [5.41, 5.74) is 15.6. The minimum Gasteiger partial charge on any atom is -0.397 e. The summed E-state index contributed by atoms with van der Waals surface area (Å²) >= 11 is 0. The number of likely N-dealkylation sites (tertiary alicyclic amines) is 2. The highest BCUT2D eigenvalue weighted by molar-refractivity contribution is 5.53. The van der Waals surface area contributed by atoms with Crippen LogP contribution in [0.25, 0.3) is 5.65 Å². The number of nitrogens with zero attached hydrogens (tertiary/aromatic N) is 4. The Morgan fingerprint density at radius 1 is 0.929 bits per heavy atom. The fourth-order valence-corrected chi connectivity index (χ4v) is 4.59. The molecule has 4 N–H and O–H groups in total. The Labute approximate surface area is 166 Å². The van der Waals surface area contributed by atoms with Gasteiger partial charge < -0.3 is 21.3 Å². The zero-order chi connectivity index (χ0) is 19.5. The number of nitrogens with two attached hydrogens (primary N) is 2. The molecule has 0 aliphatic carbocycles. The molecule has 0 bridgehead atoms. The van der Waals surface area contributed by atoms with Gasteiger partial charge in [0.2, 0.25) is 0 Å². The van der Waals surface area contributed by atoms with Crippen LogP contribution in [0.1, 0.15) is 42.6 Å². The minimum atomic E-state index is 0.00775. The van der Waals surface area contributed by atoms with Crippen molar-refractivity contribution in [1.29, 1.82) is 0 Å². The Bertz CT molecular complexity index is 881. The standard InChI is InChI=1S/C21H32N6O/c22-15-19-17(23)5-6-20-24-18(8-14-26-11-3-4-12-26)16(21(28)27(19)20)7-13-25-9-1-2-10-25/h5-6H,1-4,7-15,22-23H2. The molecular weight excluding hydrogens is 352 g/mol. The van der Waals surface area contributed by atoms with E-state index in [-0.39, 0.29) is 12.1 Å². The molecule has 0 amide bonds.